The number of nitrogens with zero attached hydrogens (tertiary/aromatic N) is 4. The maximum Gasteiger partial charge on any atom is 0.222 e. The van der Waals surface area contributed by atoms with Gasteiger partial charge in [-0.1, -0.05) is 13.0 Å². The number of anilines is 2. The van der Waals surface area contributed by atoms with Crippen LogP contribution >= 0.6 is 0 Å². The zero-order valence-corrected chi connectivity index (χ0v) is 17.4. The molecule has 0 aliphatic carbocycles. The largest absolute Gasteiger partial charge is 0.348 e. The summed E-state index contributed by atoms with van der Waals surface area (Å²) in [5.41, 5.74) is 1.75. The molecule has 0 bridgehead atoms. The van der Waals surface area contributed by atoms with Crippen LogP contribution in [-0.2, 0) is 11.8 Å². The van der Waals surface area contributed by atoms with Crippen molar-refractivity contribution in [3.05, 3.63) is 78.0 Å². The molecule has 3 heterocycles. The van der Waals surface area contributed by atoms with Gasteiger partial charge in [0.05, 0.1) is 35.2 Å². The van der Waals surface area contributed by atoms with Gasteiger partial charge in [0, 0.05) is 26.2 Å². The molecule has 0 fully saturated rings. The number of halogens is 2. The first kappa shape index (κ1) is 21.8. The third-order valence-corrected chi connectivity index (χ3v) is 4.22. The van der Waals surface area contributed by atoms with Crippen molar-refractivity contribution in [1.82, 2.24) is 14.5 Å². The molecule has 0 atom stereocenters. The second-order valence-corrected chi connectivity index (χ2v) is 6.68. The van der Waals surface area contributed by atoms with Gasteiger partial charge < -0.3 is 15.2 Å². The molecule has 3 rings (SSSR count). The van der Waals surface area contributed by atoms with Crippen LogP contribution < -0.4 is 10.6 Å². The van der Waals surface area contributed by atoms with Crippen molar-refractivity contribution < 1.29 is 13.6 Å². The topological polar surface area (TPSA) is 84.2 Å². The highest BCUT2D eigenvalue weighted by molar-refractivity contribution is 6.09. The summed E-state index contributed by atoms with van der Waals surface area (Å²) in [6, 6.07) is 7.87. The highest BCUT2D eigenvalue weighted by atomic mass is 19.1. The summed E-state index contributed by atoms with van der Waals surface area (Å²) in [5.74, 6) is -0.841. The summed E-state index contributed by atoms with van der Waals surface area (Å²) in [6.07, 6.45) is 6.47. The van der Waals surface area contributed by atoms with Crippen LogP contribution in [0.3, 0.4) is 0 Å². The highest BCUT2D eigenvalue weighted by Crippen LogP contribution is 2.21. The average molecular weight is 424 g/mol. The van der Waals surface area contributed by atoms with Crippen molar-refractivity contribution in [1.29, 1.82) is 0 Å². The molecule has 0 spiro atoms. The third kappa shape index (κ3) is 5.59. The molecule has 0 saturated carbocycles. The molecule has 7 nitrogen and oxygen atoms in total. The number of hydrogen-bond donors (Lipinski definition) is 2. The van der Waals surface area contributed by atoms with Gasteiger partial charge in [0.25, 0.3) is 0 Å². The fourth-order valence-electron chi connectivity index (χ4n) is 2.82. The predicted molar refractivity (Wildman–Crippen MR) is 117 cm³/mol. The van der Waals surface area contributed by atoms with E-state index in [2.05, 4.69) is 25.6 Å². The van der Waals surface area contributed by atoms with Crippen molar-refractivity contribution in [2.75, 3.05) is 10.6 Å². The molecule has 9 heteroatoms. The van der Waals surface area contributed by atoms with Gasteiger partial charge in [-0.2, -0.15) is 0 Å². The number of hydrogen-bond acceptors (Lipinski definition) is 4. The lowest BCUT2D eigenvalue weighted by atomic mass is 10.2. The van der Waals surface area contributed by atoms with Gasteiger partial charge in [-0.25, -0.2) is 18.8 Å². The van der Waals surface area contributed by atoms with E-state index in [1.807, 2.05) is 42.9 Å². The van der Waals surface area contributed by atoms with E-state index in [0.29, 0.717) is 29.3 Å². The molecular weight excluding hydrogens is 402 g/mol. The molecule has 31 heavy (non-hydrogen) atoms. The Morgan fingerprint density at radius 3 is 2.61 bits per heavy atom. The lowest BCUT2D eigenvalue weighted by molar-refractivity contribution is -0.114. The second kappa shape index (κ2) is 9.75. The quantitative estimate of drug-likeness (QED) is 0.455. The molecular formula is C22H22F2N6O. The Bertz CT molecular complexity index is 1140. The number of nitrogens with one attached hydrogen (secondary N) is 2. The Hall–Kier alpha value is -3.88. The molecule has 3 aromatic rings. The molecule has 0 saturated heterocycles. The lowest BCUT2D eigenvalue weighted by Gasteiger charge is -2.14. The van der Waals surface area contributed by atoms with Crippen LogP contribution in [0, 0.1) is 11.6 Å². The van der Waals surface area contributed by atoms with Crippen LogP contribution in [0.4, 0.5) is 20.3 Å². The molecule has 160 valence electrons. The first-order valence-corrected chi connectivity index (χ1v) is 9.60. The molecule has 0 aliphatic rings. The summed E-state index contributed by atoms with van der Waals surface area (Å²) in [4.78, 5) is 24.0. The molecule has 3 aromatic heterocycles. The third-order valence-electron chi connectivity index (χ3n) is 4.22. The van der Waals surface area contributed by atoms with Gasteiger partial charge in [0.15, 0.2) is 11.7 Å². The minimum atomic E-state index is -0.614. The van der Waals surface area contributed by atoms with Crippen LogP contribution in [0.2, 0.25) is 0 Å². The highest BCUT2D eigenvalue weighted by Gasteiger charge is 2.14. The second-order valence-electron chi connectivity index (χ2n) is 6.68. The van der Waals surface area contributed by atoms with Gasteiger partial charge >= 0.3 is 0 Å². The average Bonchev–Trinajstić information content (AvgIpc) is 3.15. The maximum absolute atomic E-state index is 14.5. The minimum Gasteiger partial charge on any atom is -0.348 e. The Balaban J connectivity index is 2.07. The SMILES string of the molecule is CC/C=C(/N=C(Nc1cc(NC(C)=O)ncc1F)c1cccn1C)c1ccc(F)cn1. The van der Waals surface area contributed by atoms with Crippen molar-refractivity contribution in [3.8, 4) is 0 Å². The maximum atomic E-state index is 14.5. The molecule has 1 amide bonds. The van der Waals surface area contributed by atoms with Gasteiger partial charge in [-0.3, -0.25) is 9.78 Å². The molecule has 2 N–H and O–H groups in total. The summed E-state index contributed by atoms with van der Waals surface area (Å²) >= 11 is 0. The van der Waals surface area contributed by atoms with Gasteiger partial charge in [0.2, 0.25) is 5.91 Å². The van der Waals surface area contributed by atoms with Crippen LogP contribution in [-0.4, -0.2) is 26.3 Å². The van der Waals surface area contributed by atoms with E-state index in [4.69, 9.17) is 0 Å². The monoisotopic (exact) mass is 424 g/mol. The Labute approximate surface area is 178 Å². The zero-order chi connectivity index (χ0) is 22.4. The number of carbonyl (C=O) groups is 1. The first-order valence-electron chi connectivity index (χ1n) is 9.60. The Morgan fingerprint density at radius 2 is 2.00 bits per heavy atom. The molecule has 0 radical (unpaired) electrons. The molecule has 0 aromatic carbocycles. The standard InChI is InChI=1S/C22H22F2N6O/c1-4-6-18(17-9-8-15(23)12-25-17)28-22(20-7-5-10-30(20)3)29-19-11-21(27-14(2)31)26-13-16(19)24/h5-13H,4H2,1-3H3,(H2,26,27,28,29,31)/b18-6+. The van der Waals surface area contributed by atoms with Crippen LogP contribution in [0.1, 0.15) is 31.7 Å². The van der Waals surface area contributed by atoms with Gasteiger partial charge in [0.1, 0.15) is 11.6 Å². The van der Waals surface area contributed by atoms with E-state index < -0.39 is 11.6 Å². The van der Waals surface area contributed by atoms with Crippen LogP contribution in [0.15, 0.2) is 60.0 Å². The number of carbonyl (C=O) groups excluding carboxylic acids is 1. The van der Waals surface area contributed by atoms with E-state index >= 15 is 0 Å². The van der Waals surface area contributed by atoms with Crippen molar-refractivity contribution in [2.24, 2.45) is 12.0 Å². The Kier molecular flexibility index (Phi) is 6.86. The summed E-state index contributed by atoms with van der Waals surface area (Å²) in [6.45, 7) is 3.28. The summed E-state index contributed by atoms with van der Waals surface area (Å²) < 4.78 is 29.6. The zero-order valence-electron chi connectivity index (χ0n) is 17.4. The first-order chi connectivity index (χ1) is 14.9. The molecule has 0 aliphatic heterocycles. The van der Waals surface area contributed by atoms with E-state index in [-0.39, 0.29) is 17.4 Å². The number of aliphatic imine (C=N–C) groups is 1. The number of rotatable bonds is 6. The van der Waals surface area contributed by atoms with Crippen LogP contribution in [0.25, 0.3) is 5.70 Å². The normalized spacial score (nSPS) is 12.0. The summed E-state index contributed by atoms with van der Waals surface area (Å²) in [7, 11) is 1.83. The van der Waals surface area contributed by atoms with E-state index in [1.54, 1.807) is 0 Å². The number of pyridine rings is 2. The van der Waals surface area contributed by atoms with Gasteiger partial charge in [-0.05, 0) is 30.7 Å². The molecule has 0 unspecified atom stereocenters. The van der Waals surface area contributed by atoms with E-state index in [1.165, 1.54) is 25.1 Å². The predicted octanol–water partition coefficient (Wildman–Crippen LogP) is 4.36. The number of aromatic nitrogens is 3. The summed E-state index contributed by atoms with van der Waals surface area (Å²) in [5, 5.41) is 5.52. The Morgan fingerprint density at radius 1 is 1.19 bits per heavy atom. The number of allylic oxidation sites excluding steroid dienone is 1. The van der Waals surface area contributed by atoms with Crippen molar-refractivity contribution >= 4 is 28.9 Å². The van der Waals surface area contributed by atoms with E-state index in [0.717, 1.165) is 12.4 Å². The fraction of sp³-hybridized carbons (Fsp3) is 0.182. The van der Waals surface area contributed by atoms with E-state index in [9.17, 15) is 13.6 Å². The van der Waals surface area contributed by atoms with Crippen LogP contribution in [0.5, 0.6) is 0 Å². The number of amidine groups is 1. The smallest absolute Gasteiger partial charge is 0.222 e. The van der Waals surface area contributed by atoms with Gasteiger partial charge in [-0.15, -0.1) is 0 Å². The van der Waals surface area contributed by atoms with Crippen molar-refractivity contribution in [2.45, 2.75) is 20.3 Å². The minimum absolute atomic E-state index is 0.0848. The lowest BCUT2D eigenvalue weighted by Crippen LogP contribution is -2.19. The number of aryl methyl sites for hydroxylation is 1. The number of amides is 1. The van der Waals surface area contributed by atoms with Crippen molar-refractivity contribution in [3.63, 3.8) is 0 Å². The fourth-order valence-corrected chi connectivity index (χ4v) is 2.82.